The summed E-state index contributed by atoms with van der Waals surface area (Å²) in [6.45, 7) is 0.423. The number of benzene rings is 1. The lowest BCUT2D eigenvalue weighted by molar-refractivity contribution is 0.509. The summed E-state index contributed by atoms with van der Waals surface area (Å²) in [5.74, 6) is -1.84. The van der Waals surface area contributed by atoms with E-state index in [0.717, 1.165) is 22.6 Å². The van der Waals surface area contributed by atoms with E-state index in [0.29, 0.717) is 12.1 Å². The lowest BCUT2D eigenvalue weighted by atomic mass is 10.1. The summed E-state index contributed by atoms with van der Waals surface area (Å²) < 4.78 is 25.9. The van der Waals surface area contributed by atoms with Crippen molar-refractivity contribution >= 4 is 22.9 Å². The molecule has 1 heterocycles. The molecule has 0 aliphatic carbocycles. The molecule has 0 aliphatic rings. The molecule has 0 amide bonds. The van der Waals surface area contributed by atoms with Crippen LogP contribution >= 0.6 is 22.9 Å². The van der Waals surface area contributed by atoms with Gasteiger partial charge < -0.3 is 5.73 Å². The molecular formula is C11H8ClF2NS. The second-order valence-electron chi connectivity index (χ2n) is 3.25. The third-order valence-corrected chi connectivity index (χ3v) is 3.45. The molecule has 2 N–H and O–H groups in total. The van der Waals surface area contributed by atoms with Crippen LogP contribution in [0.15, 0.2) is 23.6 Å². The molecular weight excluding hydrogens is 252 g/mol. The van der Waals surface area contributed by atoms with Crippen molar-refractivity contribution in [3.8, 4) is 11.1 Å². The van der Waals surface area contributed by atoms with Crippen molar-refractivity contribution in [2.24, 2.45) is 5.73 Å². The van der Waals surface area contributed by atoms with Crippen molar-refractivity contribution in [1.29, 1.82) is 0 Å². The van der Waals surface area contributed by atoms with Crippen LogP contribution < -0.4 is 5.73 Å². The van der Waals surface area contributed by atoms with Gasteiger partial charge in [-0.05, 0) is 29.1 Å². The number of nitrogens with two attached hydrogens (primary N) is 1. The number of rotatable bonds is 2. The van der Waals surface area contributed by atoms with E-state index in [4.69, 9.17) is 17.3 Å². The number of thiophene rings is 1. The minimum absolute atomic E-state index is 0.195. The fraction of sp³-hybridized carbons (Fsp3) is 0.0909. The van der Waals surface area contributed by atoms with Crippen LogP contribution in [0.1, 0.15) is 4.88 Å². The molecule has 2 rings (SSSR count). The summed E-state index contributed by atoms with van der Waals surface area (Å²) >= 11 is 7.32. The molecule has 0 radical (unpaired) electrons. The Balaban J connectivity index is 2.51. The molecule has 0 saturated carbocycles. The molecule has 2 aromatic rings. The highest BCUT2D eigenvalue weighted by atomic mass is 35.5. The lowest BCUT2D eigenvalue weighted by Crippen LogP contribution is -1.91. The molecule has 1 nitrogen and oxygen atoms in total. The zero-order valence-corrected chi connectivity index (χ0v) is 9.71. The summed E-state index contributed by atoms with van der Waals surface area (Å²) in [5.41, 5.74) is 6.72. The van der Waals surface area contributed by atoms with Gasteiger partial charge in [-0.2, -0.15) is 0 Å². The van der Waals surface area contributed by atoms with Crippen molar-refractivity contribution in [3.05, 3.63) is 45.1 Å². The summed E-state index contributed by atoms with van der Waals surface area (Å²) in [7, 11) is 0. The molecule has 1 aromatic heterocycles. The highest BCUT2D eigenvalue weighted by molar-refractivity contribution is 7.10. The monoisotopic (exact) mass is 259 g/mol. The van der Waals surface area contributed by atoms with Crippen molar-refractivity contribution in [1.82, 2.24) is 0 Å². The van der Waals surface area contributed by atoms with Crippen LogP contribution in [-0.2, 0) is 6.54 Å². The summed E-state index contributed by atoms with van der Waals surface area (Å²) in [4.78, 5) is 0.968. The largest absolute Gasteiger partial charge is 0.326 e. The predicted molar refractivity (Wildman–Crippen MR) is 62.6 cm³/mol. The number of halogens is 3. The minimum Gasteiger partial charge on any atom is -0.326 e. The van der Waals surface area contributed by atoms with Gasteiger partial charge in [0.15, 0.2) is 11.6 Å². The van der Waals surface area contributed by atoms with Crippen LogP contribution in [0.3, 0.4) is 0 Å². The maximum absolute atomic E-state index is 13.1. The van der Waals surface area contributed by atoms with Gasteiger partial charge in [0.1, 0.15) is 0 Å². The standard InChI is InChI=1S/C11H8ClF2NS/c12-9-3-11(14)10(13)2-8(9)6-1-7(4-15)16-5-6/h1-3,5H,4,15H2. The van der Waals surface area contributed by atoms with E-state index in [9.17, 15) is 8.78 Å². The molecule has 0 fully saturated rings. The van der Waals surface area contributed by atoms with Crippen LogP contribution in [-0.4, -0.2) is 0 Å². The molecule has 0 saturated heterocycles. The summed E-state index contributed by atoms with van der Waals surface area (Å²) in [6, 6.07) is 3.90. The van der Waals surface area contributed by atoms with E-state index in [2.05, 4.69) is 0 Å². The van der Waals surface area contributed by atoms with Crippen LogP contribution in [0.2, 0.25) is 5.02 Å². The first-order valence-corrected chi connectivity index (χ1v) is 5.80. The minimum atomic E-state index is -0.942. The quantitative estimate of drug-likeness (QED) is 0.816. The molecule has 5 heteroatoms. The van der Waals surface area contributed by atoms with Crippen LogP contribution in [0.5, 0.6) is 0 Å². The zero-order chi connectivity index (χ0) is 11.7. The van der Waals surface area contributed by atoms with Crippen LogP contribution in [0.25, 0.3) is 11.1 Å². The van der Waals surface area contributed by atoms with Gasteiger partial charge in [0.25, 0.3) is 0 Å². The topological polar surface area (TPSA) is 26.0 Å². The van der Waals surface area contributed by atoms with Gasteiger partial charge in [0.2, 0.25) is 0 Å². The smallest absolute Gasteiger partial charge is 0.160 e. The first kappa shape index (κ1) is 11.5. The second-order valence-corrected chi connectivity index (χ2v) is 4.65. The molecule has 0 aliphatic heterocycles. The van der Waals surface area contributed by atoms with Gasteiger partial charge >= 0.3 is 0 Å². The summed E-state index contributed by atoms with van der Waals surface area (Å²) in [6.07, 6.45) is 0. The predicted octanol–water partition coefficient (Wildman–Crippen LogP) is 3.81. The van der Waals surface area contributed by atoms with Crippen LogP contribution in [0, 0.1) is 11.6 Å². The maximum atomic E-state index is 13.1. The Morgan fingerprint density at radius 2 is 1.88 bits per heavy atom. The van der Waals surface area contributed by atoms with Crippen molar-refractivity contribution in [2.45, 2.75) is 6.54 Å². The van der Waals surface area contributed by atoms with Crippen molar-refractivity contribution < 1.29 is 8.78 Å². The Bertz CT molecular complexity index is 525. The third kappa shape index (κ3) is 2.09. The molecule has 0 unspecified atom stereocenters. The van der Waals surface area contributed by atoms with E-state index in [1.165, 1.54) is 11.3 Å². The molecule has 0 spiro atoms. The van der Waals surface area contributed by atoms with E-state index in [1.54, 1.807) is 0 Å². The SMILES string of the molecule is NCc1cc(-c2cc(F)c(F)cc2Cl)cs1. The first-order chi connectivity index (χ1) is 7.61. The highest BCUT2D eigenvalue weighted by Gasteiger charge is 2.11. The van der Waals surface area contributed by atoms with Gasteiger partial charge in [-0.15, -0.1) is 11.3 Å². The average Bonchev–Trinajstić information content (AvgIpc) is 2.71. The molecule has 0 bridgehead atoms. The Kier molecular flexibility index (Phi) is 3.23. The molecule has 0 atom stereocenters. The molecule has 84 valence electrons. The number of hydrogen-bond acceptors (Lipinski definition) is 2. The Morgan fingerprint density at radius 1 is 1.19 bits per heavy atom. The van der Waals surface area contributed by atoms with E-state index >= 15 is 0 Å². The van der Waals surface area contributed by atoms with E-state index in [1.807, 2.05) is 11.4 Å². The molecule has 1 aromatic carbocycles. The first-order valence-electron chi connectivity index (χ1n) is 4.54. The normalized spacial score (nSPS) is 10.8. The molecule has 16 heavy (non-hydrogen) atoms. The van der Waals surface area contributed by atoms with Crippen molar-refractivity contribution in [3.63, 3.8) is 0 Å². The fourth-order valence-electron chi connectivity index (χ4n) is 1.37. The van der Waals surface area contributed by atoms with E-state index in [-0.39, 0.29) is 5.02 Å². The second kappa shape index (κ2) is 4.49. The van der Waals surface area contributed by atoms with E-state index < -0.39 is 11.6 Å². The highest BCUT2D eigenvalue weighted by Crippen LogP contribution is 2.32. The Morgan fingerprint density at radius 3 is 2.50 bits per heavy atom. The lowest BCUT2D eigenvalue weighted by Gasteiger charge is -2.02. The Hall–Kier alpha value is -0.970. The van der Waals surface area contributed by atoms with Crippen LogP contribution in [0.4, 0.5) is 8.78 Å². The van der Waals surface area contributed by atoms with Gasteiger partial charge in [0, 0.05) is 17.0 Å². The number of hydrogen-bond donors (Lipinski definition) is 1. The third-order valence-electron chi connectivity index (χ3n) is 2.18. The van der Waals surface area contributed by atoms with Gasteiger partial charge in [-0.25, -0.2) is 8.78 Å². The van der Waals surface area contributed by atoms with Crippen molar-refractivity contribution in [2.75, 3.05) is 0 Å². The average molecular weight is 260 g/mol. The Labute approximate surface area is 100 Å². The van der Waals surface area contributed by atoms with Gasteiger partial charge in [-0.3, -0.25) is 0 Å². The maximum Gasteiger partial charge on any atom is 0.160 e. The summed E-state index contributed by atoms with van der Waals surface area (Å²) in [5, 5.41) is 2.01. The van der Waals surface area contributed by atoms with Gasteiger partial charge in [-0.1, -0.05) is 11.6 Å². The fourth-order valence-corrected chi connectivity index (χ4v) is 2.40. The van der Waals surface area contributed by atoms with Gasteiger partial charge in [0.05, 0.1) is 5.02 Å². The zero-order valence-electron chi connectivity index (χ0n) is 8.14.